The van der Waals surface area contributed by atoms with Crippen molar-refractivity contribution in [2.45, 2.75) is 20.3 Å². The van der Waals surface area contributed by atoms with Crippen molar-refractivity contribution < 1.29 is 0 Å². The van der Waals surface area contributed by atoms with Crippen LogP contribution in [0.1, 0.15) is 23.1 Å². The molecule has 0 aliphatic rings. The molecule has 0 atom stereocenters. The first kappa shape index (κ1) is 13.1. The highest BCUT2D eigenvalue weighted by Gasteiger charge is 2.08. The van der Waals surface area contributed by atoms with E-state index in [1.165, 1.54) is 5.56 Å². The van der Waals surface area contributed by atoms with E-state index in [2.05, 4.69) is 18.0 Å². The van der Waals surface area contributed by atoms with E-state index in [1.807, 2.05) is 19.9 Å². The molecular weight excluding hydrogens is 220 g/mol. The molecule has 1 rings (SSSR count). The van der Waals surface area contributed by atoms with Crippen LogP contribution in [-0.2, 0) is 0 Å². The third-order valence-electron chi connectivity index (χ3n) is 2.45. The van der Waals surface area contributed by atoms with Gasteiger partial charge in [-0.2, -0.15) is 0 Å². The summed E-state index contributed by atoms with van der Waals surface area (Å²) in [5.74, 6) is 0. The molecule has 0 aliphatic carbocycles. The van der Waals surface area contributed by atoms with Gasteiger partial charge in [0, 0.05) is 17.8 Å². The lowest BCUT2D eigenvalue weighted by atomic mass is 10.0. The average molecular weight is 239 g/mol. The van der Waals surface area contributed by atoms with Crippen LogP contribution in [0.5, 0.6) is 0 Å². The van der Waals surface area contributed by atoms with Gasteiger partial charge in [0.05, 0.1) is 5.02 Å². The van der Waals surface area contributed by atoms with E-state index >= 15 is 0 Å². The Labute approximate surface area is 102 Å². The van der Waals surface area contributed by atoms with Gasteiger partial charge in [0.2, 0.25) is 0 Å². The lowest BCUT2D eigenvalue weighted by Crippen LogP contribution is -2.17. The third kappa shape index (κ3) is 3.26. The summed E-state index contributed by atoms with van der Waals surface area (Å²) in [5, 5.41) is 3.99. The van der Waals surface area contributed by atoms with Crippen LogP contribution in [0.3, 0.4) is 0 Å². The summed E-state index contributed by atoms with van der Waals surface area (Å²) in [7, 11) is 0. The molecule has 16 heavy (non-hydrogen) atoms. The molecule has 0 bridgehead atoms. The first-order valence-electron chi connectivity index (χ1n) is 5.46. The Balaban J connectivity index is 2.83. The smallest absolute Gasteiger partial charge is 0.0504 e. The van der Waals surface area contributed by atoms with Crippen molar-refractivity contribution in [2.24, 2.45) is 5.73 Å². The van der Waals surface area contributed by atoms with Crippen molar-refractivity contribution in [3.8, 4) is 0 Å². The van der Waals surface area contributed by atoms with Crippen molar-refractivity contribution in [1.29, 1.82) is 0 Å². The largest absolute Gasteiger partial charge is 0.385 e. The number of hydrogen-bond acceptors (Lipinski definition) is 2. The number of nitrogens with one attached hydrogen (secondary N) is 1. The Morgan fingerprint density at radius 2 is 2.12 bits per heavy atom. The summed E-state index contributed by atoms with van der Waals surface area (Å²) < 4.78 is 0. The second-order valence-corrected chi connectivity index (χ2v) is 4.39. The van der Waals surface area contributed by atoms with Crippen molar-refractivity contribution in [3.63, 3.8) is 0 Å². The van der Waals surface area contributed by atoms with Crippen LogP contribution in [0.2, 0.25) is 5.02 Å². The molecule has 0 saturated carbocycles. The fraction of sp³-hybridized carbons (Fsp3) is 0.385. The SMILES string of the molecule is C=C(NCCCN)c1c(C)cc(C)cc1Cl. The zero-order chi connectivity index (χ0) is 12.1. The van der Waals surface area contributed by atoms with Gasteiger partial charge in [-0.3, -0.25) is 0 Å². The maximum absolute atomic E-state index is 6.22. The number of aryl methyl sites for hydroxylation is 2. The zero-order valence-electron chi connectivity index (χ0n) is 9.94. The van der Waals surface area contributed by atoms with Gasteiger partial charge in [-0.05, 0) is 44.0 Å². The molecule has 3 N–H and O–H groups in total. The standard InChI is InChI=1S/C13H19ClN2/c1-9-7-10(2)13(12(14)8-9)11(3)16-6-4-5-15/h7-8,16H,3-6,15H2,1-2H3. The van der Waals surface area contributed by atoms with Crippen molar-refractivity contribution in [3.05, 3.63) is 40.4 Å². The van der Waals surface area contributed by atoms with Crippen LogP contribution in [-0.4, -0.2) is 13.1 Å². The lowest BCUT2D eigenvalue weighted by Gasteiger charge is -2.14. The number of rotatable bonds is 5. The molecule has 0 heterocycles. The second-order valence-electron chi connectivity index (χ2n) is 3.99. The van der Waals surface area contributed by atoms with Gasteiger partial charge >= 0.3 is 0 Å². The molecule has 0 aliphatic heterocycles. The molecule has 0 radical (unpaired) electrons. The van der Waals surface area contributed by atoms with Gasteiger partial charge in [-0.1, -0.05) is 24.2 Å². The Kier molecular flexibility index (Phi) is 4.84. The van der Waals surface area contributed by atoms with Crippen LogP contribution < -0.4 is 11.1 Å². The highest BCUT2D eigenvalue weighted by atomic mass is 35.5. The normalized spacial score (nSPS) is 10.2. The Morgan fingerprint density at radius 1 is 1.44 bits per heavy atom. The fourth-order valence-electron chi connectivity index (χ4n) is 1.73. The van der Waals surface area contributed by atoms with E-state index in [0.717, 1.165) is 34.8 Å². The molecule has 3 heteroatoms. The lowest BCUT2D eigenvalue weighted by molar-refractivity contribution is 0.772. The molecule has 0 unspecified atom stereocenters. The zero-order valence-corrected chi connectivity index (χ0v) is 10.7. The van der Waals surface area contributed by atoms with Crippen LogP contribution >= 0.6 is 11.6 Å². The topological polar surface area (TPSA) is 38.0 Å². The summed E-state index contributed by atoms with van der Waals surface area (Å²) in [6, 6.07) is 4.07. The van der Waals surface area contributed by atoms with E-state index in [4.69, 9.17) is 17.3 Å². The molecule has 1 aromatic rings. The highest BCUT2D eigenvalue weighted by molar-refractivity contribution is 6.32. The summed E-state index contributed by atoms with van der Waals surface area (Å²) in [5.41, 5.74) is 9.63. The van der Waals surface area contributed by atoms with E-state index in [1.54, 1.807) is 0 Å². The predicted octanol–water partition coefficient (Wildman–Crippen LogP) is 2.87. The van der Waals surface area contributed by atoms with Gasteiger partial charge in [0.25, 0.3) is 0 Å². The van der Waals surface area contributed by atoms with Crippen molar-refractivity contribution in [2.75, 3.05) is 13.1 Å². The number of benzene rings is 1. The maximum atomic E-state index is 6.22. The van der Waals surface area contributed by atoms with E-state index in [9.17, 15) is 0 Å². The minimum Gasteiger partial charge on any atom is -0.385 e. The predicted molar refractivity (Wildman–Crippen MR) is 71.6 cm³/mol. The van der Waals surface area contributed by atoms with Gasteiger partial charge in [0.15, 0.2) is 0 Å². The summed E-state index contributed by atoms with van der Waals surface area (Å²) in [6.45, 7) is 9.61. The van der Waals surface area contributed by atoms with Crippen molar-refractivity contribution in [1.82, 2.24) is 5.32 Å². The van der Waals surface area contributed by atoms with Crippen LogP contribution in [0.4, 0.5) is 0 Å². The van der Waals surface area contributed by atoms with Crippen LogP contribution in [0.15, 0.2) is 18.7 Å². The monoisotopic (exact) mass is 238 g/mol. The van der Waals surface area contributed by atoms with Gasteiger partial charge in [-0.15, -0.1) is 0 Å². The van der Waals surface area contributed by atoms with E-state index in [-0.39, 0.29) is 0 Å². The molecule has 0 saturated heterocycles. The molecule has 1 aromatic carbocycles. The second kappa shape index (κ2) is 5.92. The van der Waals surface area contributed by atoms with Gasteiger partial charge in [-0.25, -0.2) is 0 Å². The first-order chi connectivity index (χ1) is 7.56. The van der Waals surface area contributed by atoms with E-state index < -0.39 is 0 Å². The molecule has 0 fully saturated rings. The number of hydrogen-bond donors (Lipinski definition) is 2. The minimum atomic E-state index is 0.681. The summed E-state index contributed by atoms with van der Waals surface area (Å²) >= 11 is 6.22. The molecule has 0 spiro atoms. The number of nitrogens with two attached hydrogens (primary N) is 1. The third-order valence-corrected chi connectivity index (χ3v) is 2.75. The van der Waals surface area contributed by atoms with Gasteiger partial charge in [0.1, 0.15) is 0 Å². The van der Waals surface area contributed by atoms with Crippen LogP contribution in [0.25, 0.3) is 5.70 Å². The molecule has 2 nitrogen and oxygen atoms in total. The first-order valence-corrected chi connectivity index (χ1v) is 5.84. The number of halogens is 1. The Bertz CT molecular complexity index is 363. The summed E-state index contributed by atoms with van der Waals surface area (Å²) in [4.78, 5) is 0. The average Bonchev–Trinajstić information content (AvgIpc) is 2.16. The Hall–Kier alpha value is -0.990. The fourth-order valence-corrected chi connectivity index (χ4v) is 2.16. The van der Waals surface area contributed by atoms with Gasteiger partial charge < -0.3 is 11.1 Å². The molecule has 88 valence electrons. The minimum absolute atomic E-state index is 0.681. The molecule has 0 aromatic heterocycles. The summed E-state index contributed by atoms with van der Waals surface area (Å²) in [6.07, 6.45) is 0.932. The highest BCUT2D eigenvalue weighted by Crippen LogP contribution is 2.26. The molecule has 0 amide bonds. The van der Waals surface area contributed by atoms with Crippen LogP contribution in [0, 0.1) is 13.8 Å². The molecular formula is C13H19ClN2. The quantitative estimate of drug-likeness (QED) is 0.775. The maximum Gasteiger partial charge on any atom is 0.0504 e. The Morgan fingerprint density at radius 3 is 2.69 bits per heavy atom. The van der Waals surface area contributed by atoms with E-state index in [0.29, 0.717) is 6.54 Å². The van der Waals surface area contributed by atoms with Crippen molar-refractivity contribution >= 4 is 17.3 Å².